The minimum Gasteiger partial charge on any atom is -0.460 e. The number of aromatic nitrogens is 2. The van der Waals surface area contributed by atoms with Crippen LogP contribution in [0.2, 0.25) is 0 Å². The van der Waals surface area contributed by atoms with Crippen molar-refractivity contribution in [3.05, 3.63) is 29.6 Å². The van der Waals surface area contributed by atoms with Gasteiger partial charge in [-0.2, -0.15) is 4.98 Å². The average Bonchev–Trinajstić information content (AvgIpc) is 2.78. The Labute approximate surface area is 104 Å². The maximum absolute atomic E-state index is 11.4. The van der Waals surface area contributed by atoms with Gasteiger partial charge in [0.15, 0.2) is 0 Å². The molecule has 0 atom stereocenters. The summed E-state index contributed by atoms with van der Waals surface area (Å²) in [7, 11) is 0. The number of benzene rings is 1. The number of aryl methyl sites for hydroxylation is 1. The van der Waals surface area contributed by atoms with E-state index >= 15 is 0 Å². The van der Waals surface area contributed by atoms with Crippen LogP contribution in [0.3, 0.4) is 0 Å². The Kier molecular flexibility index (Phi) is 3.27. The zero-order chi connectivity index (χ0) is 13.1. The third-order valence-electron chi connectivity index (χ3n) is 2.40. The van der Waals surface area contributed by atoms with Crippen molar-refractivity contribution in [3.8, 4) is 11.5 Å². The van der Waals surface area contributed by atoms with E-state index in [4.69, 9.17) is 15.0 Å². The first kappa shape index (κ1) is 12.1. The molecule has 0 radical (unpaired) electrons. The number of rotatable bonds is 3. The molecular weight excluding hydrogens is 234 g/mol. The second-order valence-corrected chi connectivity index (χ2v) is 3.68. The summed E-state index contributed by atoms with van der Waals surface area (Å²) in [5, 5.41) is 3.58. The van der Waals surface area contributed by atoms with Crippen LogP contribution in [0.15, 0.2) is 22.7 Å². The minimum atomic E-state index is -0.611. The van der Waals surface area contributed by atoms with E-state index in [-0.39, 0.29) is 18.3 Å². The van der Waals surface area contributed by atoms with Crippen LogP contribution in [0.25, 0.3) is 11.5 Å². The van der Waals surface area contributed by atoms with E-state index in [0.29, 0.717) is 11.3 Å². The third-order valence-corrected chi connectivity index (χ3v) is 2.40. The molecule has 0 bridgehead atoms. The molecule has 1 aromatic carbocycles. The second kappa shape index (κ2) is 4.87. The van der Waals surface area contributed by atoms with Crippen molar-refractivity contribution in [2.24, 2.45) is 0 Å². The van der Waals surface area contributed by atoms with Gasteiger partial charge in [-0.25, -0.2) is 4.79 Å². The summed E-state index contributed by atoms with van der Waals surface area (Å²) in [5.74, 6) is -0.497. The summed E-state index contributed by atoms with van der Waals surface area (Å²) in [4.78, 5) is 15.4. The second-order valence-electron chi connectivity index (χ2n) is 3.68. The standard InChI is InChI=1S/C12H13N3O3/c1-3-17-12(16)10-14-11(18-15-10)9-7(2)5-4-6-8(9)13/h4-6H,3,13H2,1-2H3. The number of carbonyl (C=O) groups is 1. The zero-order valence-electron chi connectivity index (χ0n) is 10.1. The lowest BCUT2D eigenvalue weighted by Crippen LogP contribution is -2.06. The molecule has 0 aliphatic rings. The summed E-state index contributed by atoms with van der Waals surface area (Å²) >= 11 is 0. The van der Waals surface area contributed by atoms with Gasteiger partial charge in [0.25, 0.3) is 11.7 Å². The smallest absolute Gasteiger partial charge is 0.379 e. The summed E-state index contributed by atoms with van der Waals surface area (Å²) < 4.78 is 9.82. The highest BCUT2D eigenvalue weighted by molar-refractivity contribution is 5.86. The highest BCUT2D eigenvalue weighted by Crippen LogP contribution is 2.27. The van der Waals surface area contributed by atoms with Gasteiger partial charge >= 0.3 is 5.97 Å². The number of nitrogens with two attached hydrogens (primary N) is 1. The van der Waals surface area contributed by atoms with Crippen molar-refractivity contribution in [1.82, 2.24) is 10.1 Å². The van der Waals surface area contributed by atoms with E-state index in [2.05, 4.69) is 10.1 Å². The lowest BCUT2D eigenvalue weighted by molar-refractivity contribution is 0.0508. The number of carbonyl (C=O) groups excluding carboxylic acids is 1. The Morgan fingerprint density at radius 2 is 2.28 bits per heavy atom. The first-order valence-corrected chi connectivity index (χ1v) is 5.49. The lowest BCUT2D eigenvalue weighted by Gasteiger charge is -2.03. The summed E-state index contributed by atoms with van der Waals surface area (Å²) in [6.07, 6.45) is 0. The first-order chi connectivity index (χ1) is 8.63. The van der Waals surface area contributed by atoms with Crippen LogP contribution < -0.4 is 5.73 Å². The monoisotopic (exact) mass is 247 g/mol. The molecule has 0 fully saturated rings. The van der Waals surface area contributed by atoms with Gasteiger partial charge in [-0.05, 0) is 30.6 Å². The number of anilines is 1. The maximum Gasteiger partial charge on any atom is 0.379 e. The first-order valence-electron chi connectivity index (χ1n) is 5.49. The quantitative estimate of drug-likeness (QED) is 0.656. The lowest BCUT2D eigenvalue weighted by atomic mass is 10.1. The molecule has 6 nitrogen and oxygen atoms in total. The van der Waals surface area contributed by atoms with Crippen LogP contribution in [0.1, 0.15) is 23.1 Å². The summed E-state index contributed by atoms with van der Waals surface area (Å²) in [6, 6.07) is 5.44. The van der Waals surface area contributed by atoms with Gasteiger partial charge in [0.05, 0.1) is 12.2 Å². The van der Waals surface area contributed by atoms with E-state index in [1.54, 1.807) is 13.0 Å². The molecule has 1 heterocycles. The van der Waals surface area contributed by atoms with Crippen molar-refractivity contribution in [1.29, 1.82) is 0 Å². The van der Waals surface area contributed by atoms with E-state index in [1.807, 2.05) is 19.1 Å². The van der Waals surface area contributed by atoms with Crippen LogP contribution >= 0.6 is 0 Å². The van der Waals surface area contributed by atoms with Gasteiger partial charge in [-0.3, -0.25) is 0 Å². The number of hydrogen-bond acceptors (Lipinski definition) is 6. The normalized spacial score (nSPS) is 10.3. The molecule has 18 heavy (non-hydrogen) atoms. The number of hydrogen-bond donors (Lipinski definition) is 1. The molecule has 2 rings (SSSR count). The predicted molar refractivity (Wildman–Crippen MR) is 64.8 cm³/mol. The Balaban J connectivity index is 2.38. The molecular formula is C12H13N3O3. The Bertz CT molecular complexity index is 557. The SMILES string of the molecule is CCOC(=O)c1noc(-c2c(C)cccc2N)n1. The fraction of sp³-hybridized carbons (Fsp3) is 0.250. The fourth-order valence-corrected chi connectivity index (χ4v) is 1.59. The highest BCUT2D eigenvalue weighted by atomic mass is 16.5. The summed E-state index contributed by atoms with van der Waals surface area (Å²) in [5.41, 5.74) is 7.91. The fourth-order valence-electron chi connectivity index (χ4n) is 1.59. The molecule has 0 spiro atoms. The van der Waals surface area contributed by atoms with Gasteiger partial charge in [0.2, 0.25) is 0 Å². The van der Waals surface area contributed by atoms with Crippen molar-refractivity contribution in [2.75, 3.05) is 12.3 Å². The molecule has 2 N–H and O–H groups in total. The molecule has 0 aliphatic carbocycles. The van der Waals surface area contributed by atoms with Crippen molar-refractivity contribution >= 4 is 11.7 Å². The van der Waals surface area contributed by atoms with E-state index < -0.39 is 5.97 Å². The van der Waals surface area contributed by atoms with Crippen LogP contribution in [0.4, 0.5) is 5.69 Å². The van der Waals surface area contributed by atoms with Gasteiger partial charge in [-0.1, -0.05) is 12.1 Å². The molecule has 0 unspecified atom stereocenters. The van der Waals surface area contributed by atoms with Crippen molar-refractivity contribution < 1.29 is 14.1 Å². The Morgan fingerprint density at radius 3 is 2.94 bits per heavy atom. The van der Waals surface area contributed by atoms with E-state index in [0.717, 1.165) is 5.56 Å². The van der Waals surface area contributed by atoms with Gasteiger partial charge in [-0.15, -0.1) is 0 Å². The molecule has 1 aromatic heterocycles. The molecule has 0 amide bonds. The third kappa shape index (κ3) is 2.17. The number of ether oxygens (including phenoxy) is 1. The zero-order valence-corrected chi connectivity index (χ0v) is 10.1. The average molecular weight is 247 g/mol. The van der Waals surface area contributed by atoms with Crippen LogP contribution in [0, 0.1) is 6.92 Å². The number of nitrogens with zero attached hydrogens (tertiary/aromatic N) is 2. The molecule has 6 heteroatoms. The van der Waals surface area contributed by atoms with Crippen molar-refractivity contribution in [2.45, 2.75) is 13.8 Å². The largest absolute Gasteiger partial charge is 0.460 e. The van der Waals surface area contributed by atoms with Gasteiger partial charge in [0, 0.05) is 5.69 Å². The molecule has 0 saturated carbocycles. The summed E-state index contributed by atoms with van der Waals surface area (Å²) in [6.45, 7) is 3.84. The van der Waals surface area contributed by atoms with Crippen LogP contribution in [-0.4, -0.2) is 22.7 Å². The molecule has 0 saturated heterocycles. The molecule has 94 valence electrons. The van der Waals surface area contributed by atoms with E-state index in [1.165, 1.54) is 0 Å². The van der Waals surface area contributed by atoms with Crippen molar-refractivity contribution in [3.63, 3.8) is 0 Å². The number of nitrogen functional groups attached to an aromatic ring is 1. The minimum absolute atomic E-state index is 0.102. The molecule has 2 aromatic rings. The highest BCUT2D eigenvalue weighted by Gasteiger charge is 2.19. The Morgan fingerprint density at radius 1 is 1.50 bits per heavy atom. The molecule has 0 aliphatic heterocycles. The van der Waals surface area contributed by atoms with Gasteiger partial charge < -0.3 is 15.0 Å². The number of esters is 1. The Hall–Kier alpha value is -2.37. The van der Waals surface area contributed by atoms with Crippen LogP contribution in [-0.2, 0) is 4.74 Å². The van der Waals surface area contributed by atoms with Gasteiger partial charge in [0.1, 0.15) is 0 Å². The predicted octanol–water partition coefficient (Wildman–Crippen LogP) is 1.80. The van der Waals surface area contributed by atoms with Crippen LogP contribution in [0.5, 0.6) is 0 Å². The van der Waals surface area contributed by atoms with E-state index in [9.17, 15) is 4.79 Å². The topological polar surface area (TPSA) is 91.2 Å². The maximum atomic E-state index is 11.4.